The van der Waals surface area contributed by atoms with Crippen LogP contribution in [0.1, 0.15) is 51.0 Å². The van der Waals surface area contributed by atoms with Gasteiger partial charge < -0.3 is 5.32 Å². The molecule has 5 heteroatoms. The molecule has 0 saturated heterocycles. The molecular formula is C16H26N2O2S. The molecule has 0 bridgehead atoms. The first-order chi connectivity index (χ1) is 10.0. The van der Waals surface area contributed by atoms with Crippen LogP contribution < -0.4 is 10.0 Å². The van der Waals surface area contributed by atoms with E-state index in [1.807, 2.05) is 12.1 Å². The smallest absolute Gasteiger partial charge is 0.240 e. The first-order valence-electron chi connectivity index (χ1n) is 7.86. The van der Waals surface area contributed by atoms with Crippen molar-refractivity contribution in [3.63, 3.8) is 0 Å². The predicted molar refractivity (Wildman–Crippen MR) is 86.0 cm³/mol. The van der Waals surface area contributed by atoms with E-state index in [1.54, 1.807) is 12.1 Å². The molecule has 1 fully saturated rings. The third kappa shape index (κ3) is 5.09. The van der Waals surface area contributed by atoms with Gasteiger partial charge in [0.2, 0.25) is 10.0 Å². The fourth-order valence-corrected chi connectivity index (χ4v) is 3.26. The zero-order chi connectivity index (χ0) is 15.3. The Morgan fingerprint density at radius 3 is 2.43 bits per heavy atom. The highest BCUT2D eigenvalue weighted by molar-refractivity contribution is 7.89. The molecule has 1 aliphatic rings. The van der Waals surface area contributed by atoms with Crippen LogP contribution in [-0.2, 0) is 10.0 Å². The molecule has 1 saturated carbocycles. The number of sulfonamides is 1. The summed E-state index contributed by atoms with van der Waals surface area (Å²) in [5.74, 6) is 0.461. The van der Waals surface area contributed by atoms with Crippen molar-refractivity contribution in [3.8, 4) is 0 Å². The van der Waals surface area contributed by atoms with E-state index in [2.05, 4.69) is 23.9 Å². The largest absolute Gasteiger partial charge is 0.314 e. The van der Waals surface area contributed by atoms with Crippen molar-refractivity contribution in [2.75, 3.05) is 13.1 Å². The van der Waals surface area contributed by atoms with Crippen molar-refractivity contribution in [1.29, 1.82) is 0 Å². The minimum Gasteiger partial charge on any atom is -0.314 e. The highest BCUT2D eigenvalue weighted by Gasteiger charge is 2.19. The maximum Gasteiger partial charge on any atom is 0.240 e. The molecule has 2 N–H and O–H groups in total. The summed E-state index contributed by atoms with van der Waals surface area (Å²) in [6, 6.07) is 7.91. The van der Waals surface area contributed by atoms with Crippen LogP contribution in [0.15, 0.2) is 29.2 Å². The highest BCUT2D eigenvalue weighted by Crippen LogP contribution is 2.20. The van der Waals surface area contributed by atoms with Gasteiger partial charge in [0, 0.05) is 12.6 Å². The summed E-state index contributed by atoms with van der Waals surface area (Å²) in [4.78, 5) is 0.352. The molecule has 1 aromatic rings. The van der Waals surface area contributed by atoms with E-state index >= 15 is 0 Å². The maximum absolute atomic E-state index is 12.2. The second-order valence-electron chi connectivity index (χ2n) is 5.86. The van der Waals surface area contributed by atoms with Gasteiger partial charge in [0.05, 0.1) is 4.90 Å². The van der Waals surface area contributed by atoms with Gasteiger partial charge in [-0.05, 0) is 55.8 Å². The summed E-state index contributed by atoms with van der Waals surface area (Å²) < 4.78 is 27.0. The third-order valence-electron chi connectivity index (χ3n) is 4.03. The third-order valence-corrected chi connectivity index (χ3v) is 5.50. The Morgan fingerprint density at radius 2 is 1.86 bits per heavy atom. The zero-order valence-corrected chi connectivity index (χ0v) is 13.7. The number of hydrogen-bond donors (Lipinski definition) is 2. The van der Waals surface area contributed by atoms with E-state index in [9.17, 15) is 8.42 Å². The molecule has 2 rings (SSSR count). The molecule has 0 heterocycles. The Labute approximate surface area is 128 Å². The van der Waals surface area contributed by atoms with Gasteiger partial charge in [-0.3, -0.25) is 0 Å². The molecule has 21 heavy (non-hydrogen) atoms. The van der Waals surface area contributed by atoms with Gasteiger partial charge in [0.25, 0.3) is 0 Å². The second-order valence-corrected chi connectivity index (χ2v) is 7.63. The summed E-state index contributed by atoms with van der Waals surface area (Å²) in [7, 11) is -3.37. The molecular weight excluding hydrogens is 284 g/mol. The van der Waals surface area contributed by atoms with Crippen LogP contribution in [0.5, 0.6) is 0 Å². The highest BCUT2D eigenvalue weighted by atomic mass is 32.2. The van der Waals surface area contributed by atoms with Crippen LogP contribution in [0.4, 0.5) is 0 Å². The fraction of sp³-hybridized carbons (Fsp3) is 0.625. The summed E-state index contributed by atoms with van der Waals surface area (Å²) in [5.41, 5.74) is 1.19. The molecule has 1 unspecified atom stereocenters. The SMILES string of the molecule is CCC(C)c1ccc(S(=O)(=O)NCCCNC2CC2)cc1. The lowest BCUT2D eigenvalue weighted by Crippen LogP contribution is -2.28. The van der Waals surface area contributed by atoms with Crippen molar-refractivity contribution < 1.29 is 8.42 Å². The number of nitrogens with one attached hydrogen (secondary N) is 2. The topological polar surface area (TPSA) is 58.2 Å². The summed E-state index contributed by atoms with van der Waals surface area (Å²) in [6.45, 7) is 5.64. The van der Waals surface area contributed by atoms with Crippen molar-refractivity contribution in [2.45, 2.75) is 56.4 Å². The van der Waals surface area contributed by atoms with E-state index in [4.69, 9.17) is 0 Å². The quantitative estimate of drug-likeness (QED) is 0.689. The number of hydrogen-bond acceptors (Lipinski definition) is 3. The number of benzene rings is 1. The monoisotopic (exact) mass is 310 g/mol. The van der Waals surface area contributed by atoms with Crippen LogP contribution >= 0.6 is 0 Å². The lowest BCUT2D eigenvalue weighted by atomic mass is 9.99. The Hall–Kier alpha value is -0.910. The van der Waals surface area contributed by atoms with E-state index in [-0.39, 0.29) is 0 Å². The van der Waals surface area contributed by atoms with Gasteiger partial charge in [-0.15, -0.1) is 0 Å². The molecule has 0 radical (unpaired) electrons. The molecule has 0 amide bonds. The molecule has 1 aliphatic carbocycles. The Morgan fingerprint density at radius 1 is 1.19 bits per heavy atom. The van der Waals surface area contributed by atoms with E-state index in [0.29, 0.717) is 23.4 Å². The zero-order valence-electron chi connectivity index (χ0n) is 12.9. The van der Waals surface area contributed by atoms with Crippen molar-refractivity contribution in [3.05, 3.63) is 29.8 Å². The first-order valence-corrected chi connectivity index (χ1v) is 9.34. The van der Waals surface area contributed by atoms with E-state index < -0.39 is 10.0 Å². The summed E-state index contributed by atoms with van der Waals surface area (Å²) in [5, 5.41) is 3.37. The van der Waals surface area contributed by atoms with Crippen LogP contribution in [-0.4, -0.2) is 27.5 Å². The van der Waals surface area contributed by atoms with Gasteiger partial charge in [-0.25, -0.2) is 13.1 Å². The molecule has 4 nitrogen and oxygen atoms in total. The van der Waals surface area contributed by atoms with Gasteiger partial charge in [-0.1, -0.05) is 26.0 Å². The second kappa shape index (κ2) is 7.38. The van der Waals surface area contributed by atoms with E-state index in [1.165, 1.54) is 18.4 Å². The van der Waals surface area contributed by atoms with Gasteiger partial charge in [0.1, 0.15) is 0 Å². The van der Waals surface area contributed by atoms with Crippen LogP contribution in [0, 0.1) is 0 Å². The van der Waals surface area contributed by atoms with Crippen molar-refractivity contribution >= 4 is 10.0 Å². The average Bonchev–Trinajstić information content (AvgIpc) is 3.30. The minimum atomic E-state index is -3.37. The van der Waals surface area contributed by atoms with Crippen LogP contribution in [0.25, 0.3) is 0 Å². The summed E-state index contributed by atoms with van der Waals surface area (Å²) in [6.07, 6.45) is 4.39. The Bertz CT molecular complexity index is 536. The van der Waals surface area contributed by atoms with Crippen molar-refractivity contribution in [2.24, 2.45) is 0 Å². The van der Waals surface area contributed by atoms with Gasteiger partial charge >= 0.3 is 0 Å². The number of rotatable bonds is 9. The fourth-order valence-electron chi connectivity index (χ4n) is 2.18. The molecule has 1 aromatic carbocycles. The molecule has 1 atom stereocenters. The summed E-state index contributed by atoms with van der Waals surface area (Å²) >= 11 is 0. The molecule has 118 valence electrons. The predicted octanol–water partition coefficient (Wildman–Crippen LogP) is 2.62. The minimum absolute atomic E-state index is 0.352. The van der Waals surface area contributed by atoms with Gasteiger partial charge in [-0.2, -0.15) is 0 Å². The van der Waals surface area contributed by atoms with E-state index in [0.717, 1.165) is 19.4 Å². The average molecular weight is 310 g/mol. The van der Waals surface area contributed by atoms with Crippen LogP contribution in [0.2, 0.25) is 0 Å². The Balaban J connectivity index is 1.82. The van der Waals surface area contributed by atoms with Crippen molar-refractivity contribution in [1.82, 2.24) is 10.0 Å². The molecule has 0 aromatic heterocycles. The van der Waals surface area contributed by atoms with Gasteiger partial charge in [0.15, 0.2) is 0 Å². The lowest BCUT2D eigenvalue weighted by molar-refractivity contribution is 0.573. The first kappa shape index (κ1) is 16.5. The normalized spacial score (nSPS) is 16.9. The Kier molecular flexibility index (Phi) is 5.79. The maximum atomic E-state index is 12.2. The standard InChI is InChI=1S/C16H26N2O2S/c1-3-13(2)14-5-9-16(10-6-14)21(19,20)18-12-4-11-17-15-7-8-15/h5-6,9-10,13,15,17-18H,3-4,7-8,11-12H2,1-2H3. The lowest BCUT2D eigenvalue weighted by Gasteiger charge is -2.11. The molecule has 0 aliphatic heterocycles. The molecule has 0 spiro atoms. The van der Waals surface area contributed by atoms with Crippen LogP contribution in [0.3, 0.4) is 0 Å².